The lowest BCUT2D eigenvalue weighted by molar-refractivity contribution is 0.0217. The van der Waals surface area contributed by atoms with Crippen LogP contribution in [-0.4, -0.2) is 41.0 Å². The monoisotopic (exact) mass is 377 g/mol. The zero-order chi connectivity index (χ0) is 17.4. The smallest absolute Gasteiger partial charge is 0.261 e. The molecule has 1 aromatic heterocycles. The Balaban J connectivity index is 1.40. The number of halogens is 1. The van der Waals surface area contributed by atoms with Crippen molar-refractivity contribution in [3.63, 3.8) is 0 Å². The van der Waals surface area contributed by atoms with Gasteiger partial charge in [-0.1, -0.05) is 11.6 Å². The van der Waals surface area contributed by atoms with E-state index in [0.29, 0.717) is 27.9 Å². The summed E-state index contributed by atoms with van der Waals surface area (Å²) >= 11 is 7.12. The molecule has 2 bridgehead atoms. The van der Waals surface area contributed by atoms with Gasteiger partial charge in [0.1, 0.15) is 6.26 Å². The molecule has 3 saturated heterocycles. The molecule has 7 heteroatoms. The number of nitrogens with zero attached hydrogens (tertiary/aromatic N) is 2. The van der Waals surface area contributed by atoms with Gasteiger partial charge in [0.15, 0.2) is 5.15 Å². The number of benzene rings is 1. The van der Waals surface area contributed by atoms with Gasteiger partial charge in [0.05, 0.1) is 0 Å². The largest absolute Gasteiger partial charge is 0.438 e. The number of carbonyl (C=O) groups excluding carboxylic acids is 1. The summed E-state index contributed by atoms with van der Waals surface area (Å²) in [7, 11) is 0. The lowest BCUT2D eigenvalue weighted by atomic mass is 9.79. The van der Waals surface area contributed by atoms with Crippen molar-refractivity contribution in [2.45, 2.75) is 42.0 Å². The number of rotatable bonds is 4. The van der Waals surface area contributed by atoms with Crippen molar-refractivity contribution in [3.05, 3.63) is 41.2 Å². The minimum absolute atomic E-state index is 0.00122. The topological polar surface area (TPSA) is 58.4 Å². The highest BCUT2D eigenvalue weighted by Crippen LogP contribution is 2.32. The van der Waals surface area contributed by atoms with Gasteiger partial charge in [-0.15, -0.1) is 0 Å². The molecule has 0 aliphatic carbocycles. The Labute approximate surface area is 156 Å². The SMILES string of the molecule is CC1C(NC(=O)c2ccc(Sc3nc(Cl)co3)cc2)C2CCN1CC2. The predicted molar refractivity (Wildman–Crippen MR) is 97.1 cm³/mol. The Kier molecular flexibility index (Phi) is 4.75. The van der Waals surface area contributed by atoms with Crippen LogP contribution in [0.1, 0.15) is 30.1 Å². The van der Waals surface area contributed by atoms with E-state index in [1.807, 2.05) is 24.3 Å². The molecule has 2 unspecified atom stereocenters. The quantitative estimate of drug-likeness (QED) is 0.880. The summed E-state index contributed by atoms with van der Waals surface area (Å²) in [6, 6.07) is 8.15. The van der Waals surface area contributed by atoms with Crippen molar-refractivity contribution in [2.24, 2.45) is 5.92 Å². The van der Waals surface area contributed by atoms with Crippen molar-refractivity contribution in [2.75, 3.05) is 13.1 Å². The van der Waals surface area contributed by atoms with Gasteiger partial charge in [0.2, 0.25) is 0 Å². The van der Waals surface area contributed by atoms with Gasteiger partial charge >= 0.3 is 0 Å². The number of carbonyl (C=O) groups is 1. The fraction of sp³-hybridized carbons (Fsp3) is 0.444. The Hall–Kier alpha value is -1.50. The Morgan fingerprint density at radius 1 is 1.32 bits per heavy atom. The van der Waals surface area contributed by atoms with Crippen LogP contribution in [0.3, 0.4) is 0 Å². The normalized spacial score (nSPS) is 28.1. The number of fused-ring (bicyclic) bond motifs is 3. The van der Waals surface area contributed by atoms with Crippen LogP contribution in [0.2, 0.25) is 5.15 Å². The molecule has 1 amide bonds. The van der Waals surface area contributed by atoms with Gasteiger partial charge in [-0.2, -0.15) is 4.98 Å². The lowest BCUT2D eigenvalue weighted by Crippen LogP contribution is -2.62. The van der Waals surface area contributed by atoms with Crippen molar-refractivity contribution in [1.82, 2.24) is 15.2 Å². The van der Waals surface area contributed by atoms with E-state index in [-0.39, 0.29) is 11.9 Å². The van der Waals surface area contributed by atoms with Gasteiger partial charge < -0.3 is 9.73 Å². The van der Waals surface area contributed by atoms with Gasteiger partial charge in [0.25, 0.3) is 11.1 Å². The first-order valence-corrected chi connectivity index (χ1v) is 9.73. The summed E-state index contributed by atoms with van der Waals surface area (Å²) in [6.07, 6.45) is 3.77. The van der Waals surface area contributed by atoms with E-state index in [1.165, 1.54) is 30.9 Å². The number of hydrogen-bond donors (Lipinski definition) is 1. The predicted octanol–water partition coefficient (Wildman–Crippen LogP) is 3.69. The number of nitrogens with one attached hydrogen (secondary N) is 1. The molecular weight excluding hydrogens is 358 g/mol. The van der Waals surface area contributed by atoms with Crippen LogP contribution in [-0.2, 0) is 0 Å². The molecule has 0 radical (unpaired) electrons. The third-order valence-corrected chi connectivity index (χ3v) is 6.30. The van der Waals surface area contributed by atoms with E-state index >= 15 is 0 Å². The molecule has 132 valence electrons. The molecule has 3 aliphatic rings. The Bertz CT molecular complexity index is 754. The van der Waals surface area contributed by atoms with Crippen molar-refractivity contribution in [1.29, 1.82) is 0 Å². The summed E-state index contributed by atoms with van der Waals surface area (Å²) in [5.41, 5.74) is 0.679. The molecule has 5 rings (SSSR count). The van der Waals surface area contributed by atoms with Gasteiger partial charge in [-0.05, 0) is 74.8 Å². The van der Waals surface area contributed by atoms with Crippen LogP contribution < -0.4 is 5.32 Å². The van der Waals surface area contributed by atoms with Crippen molar-refractivity contribution < 1.29 is 9.21 Å². The van der Waals surface area contributed by atoms with E-state index in [0.717, 1.165) is 18.0 Å². The van der Waals surface area contributed by atoms with E-state index in [4.69, 9.17) is 16.0 Å². The zero-order valence-corrected chi connectivity index (χ0v) is 15.5. The molecule has 5 nitrogen and oxygen atoms in total. The minimum atomic E-state index is 0.00122. The second kappa shape index (κ2) is 7.02. The molecule has 25 heavy (non-hydrogen) atoms. The maximum absolute atomic E-state index is 12.6. The Morgan fingerprint density at radius 2 is 2.04 bits per heavy atom. The third-order valence-electron chi connectivity index (χ3n) is 5.25. The van der Waals surface area contributed by atoms with Crippen molar-refractivity contribution in [3.8, 4) is 0 Å². The van der Waals surface area contributed by atoms with Crippen LogP contribution in [0.15, 0.2) is 45.1 Å². The van der Waals surface area contributed by atoms with Gasteiger partial charge in [0, 0.05) is 22.5 Å². The number of amides is 1. The van der Waals surface area contributed by atoms with Gasteiger partial charge in [-0.3, -0.25) is 9.69 Å². The van der Waals surface area contributed by atoms with Crippen LogP contribution in [0.25, 0.3) is 0 Å². The first-order chi connectivity index (χ1) is 12.1. The maximum atomic E-state index is 12.6. The first-order valence-electron chi connectivity index (χ1n) is 8.54. The average molecular weight is 378 g/mol. The molecule has 1 N–H and O–H groups in total. The highest BCUT2D eigenvalue weighted by Gasteiger charge is 2.40. The summed E-state index contributed by atoms with van der Waals surface area (Å²) in [5.74, 6) is 0.606. The van der Waals surface area contributed by atoms with Crippen LogP contribution in [0.4, 0.5) is 0 Å². The van der Waals surface area contributed by atoms with E-state index in [1.54, 1.807) is 0 Å². The fourth-order valence-electron chi connectivity index (χ4n) is 3.84. The summed E-state index contributed by atoms with van der Waals surface area (Å²) in [4.78, 5) is 20.1. The summed E-state index contributed by atoms with van der Waals surface area (Å²) < 4.78 is 5.22. The van der Waals surface area contributed by atoms with E-state index in [2.05, 4.69) is 22.1 Å². The van der Waals surface area contributed by atoms with E-state index < -0.39 is 0 Å². The number of aromatic nitrogens is 1. The number of piperidine rings is 3. The van der Waals surface area contributed by atoms with Crippen LogP contribution >= 0.6 is 23.4 Å². The third kappa shape index (κ3) is 3.57. The standard InChI is InChI=1S/C18H20ClN3O2S/c1-11-16(12-6-8-22(11)9-7-12)21-17(23)13-2-4-14(5-3-13)25-18-20-15(19)10-24-18/h2-5,10-12,16H,6-9H2,1H3,(H,21,23). The minimum Gasteiger partial charge on any atom is -0.438 e. The average Bonchev–Trinajstić information content (AvgIpc) is 3.04. The van der Waals surface area contributed by atoms with Crippen LogP contribution in [0.5, 0.6) is 0 Å². The number of hydrogen-bond acceptors (Lipinski definition) is 5. The maximum Gasteiger partial charge on any atom is 0.261 e. The summed E-state index contributed by atoms with van der Waals surface area (Å²) in [5, 5.41) is 4.08. The molecule has 2 aromatic rings. The fourth-order valence-corrected chi connectivity index (χ4v) is 4.73. The van der Waals surface area contributed by atoms with Gasteiger partial charge in [-0.25, -0.2) is 0 Å². The highest BCUT2D eigenvalue weighted by molar-refractivity contribution is 7.99. The summed E-state index contributed by atoms with van der Waals surface area (Å²) in [6.45, 7) is 4.54. The van der Waals surface area contributed by atoms with Crippen molar-refractivity contribution >= 4 is 29.3 Å². The van der Waals surface area contributed by atoms with Crippen LogP contribution in [0, 0.1) is 5.92 Å². The second-order valence-electron chi connectivity index (χ2n) is 6.68. The first kappa shape index (κ1) is 16.9. The lowest BCUT2D eigenvalue weighted by Gasteiger charge is -2.49. The molecule has 2 atom stereocenters. The number of oxazole rings is 1. The second-order valence-corrected chi connectivity index (χ2v) is 8.09. The molecule has 1 aromatic carbocycles. The molecule has 0 spiro atoms. The molecule has 3 aliphatic heterocycles. The molecular formula is C18H20ClN3O2S. The molecule has 0 saturated carbocycles. The Morgan fingerprint density at radius 3 is 2.64 bits per heavy atom. The zero-order valence-electron chi connectivity index (χ0n) is 13.9. The van der Waals surface area contributed by atoms with E-state index in [9.17, 15) is 4.79 Å². The molecule has 4 heterocycles. The molecule has 3 fully saturated rings. The highest BCUT2D eigenvalue weighted by atomic mass is 35.5.